The number of anilines is 1. The Morgan fingerprint density at radius 1 is 0.962 bits per heavy atom. The van der Waals surface area contributed by atoms with E-state index in [0.29, 0.717) is 21.2 Å². The van der Waals surface area contributed by atoms with Crippen molar-refractivity contribution in [3.05, 3.63) is 60.2 Å². The van der Waals surface area contributed by atoms with Crippen molar-refractivity contribution in [1.29, 1.82) is 0 Å². The number of aryl methyl sites for hydroxylation is 2. The average molecular weight is 467 g/mol. The molecule has 0 spiro atoms. The number of halogens is 2. The van der Waals surface area contributed by atoms with E-state index in [2.05, 4.69) is 15.9 Å². The van der Waals surface area contributed by atoms with Gasteiger partial charge in [0.05, 0.1) is 15.0 Å². The second kappa shape index (κ2) is 6.30. The monoisotopic (exact) mass is 465 g/mol. The van der Waals surface area contributed by atoms with Crippen LogP contribution < -0.4 is 4.90 Å². The number of carbonyl (C=O) groups is 2. The lowest BCUT2D eigenvalue weighted by Crippen LogP contribution is -2.31. The molecule has 0 atom stereocenters. The Hall–Kier alpha value is -1.47. The van der Waals surface area contributed by atoms with Crippen molar-refractivity contribution in [2.24, 2.45) is 0 Å². The van der Waals surface area contributed by atoms with Crippen molar-refractivity contribution >= 4 is 67.7 Å². The molecule has 0 bridgehead atoms. The Kier molecular flexibility index (Phi) is 4.34. The van der Waals surface area contributed by atoms with Gasteiger partial charge in [0.1, 0.15) is 4.88 Å². The molecule has 3 nitrogen and oxygen atoms in total. The molecule has 0 radical (unpaired) electrons. The van der Waals surface area contributed by atoms with Gasteiger partial charge in [-0.15, -0.1) is 22.7 Å². The summed E-state index contributed by atoms with van der Waals surface area (Å²) in [7, 11) is 0. The number of benzene rings is 1. The number of nitrogens with zero attached hydrogens (tertiary/aromatic N) is 1. The van der Waals surface area contributed by atoms with Gasteiger partial charge in [-0.2, -0.15) is 0 Å². The van der Waals surface area contributed by atoms with Crippen molar-refractivity contribution in [2.45, 2.75) is 20.8 Å². The molecule has 4 rings (SSSR count). The first-order valence-electron chi connectivity index (χ1n) is 7.84. The molecule has 1 aliphatic heterocycles. The van der Waals surface area contributed by atoms with E-state index >= 15 is 0 Å². The van der Waals surface area contributed by atoms with Crippen LogP contribution in [0.2, 0.25) is 5.02 Å². The maximum absolute atomic E-state index is 13.0. The van der Waals surface area contributed by atoms with E-state index in [4.69, 9.17) is 11.6 Å². The summed E-state index contributed by atoms with van der Waals surface area (Å²) in [5, 5.41) is 0.588. The highest BCUT2D eigenvalue weighted by molar-refractivity contribution is 9.11. The molecule has 0 N–H and O–H groups in total. The first kappa shape index (κ1) is 17.9. The minimum atomic E-state index is -0.283. The van der Waals surface area contributed by atoms with Crippen LogP contribution in [0.3, 0.4) is 0 Å². The normalized spacial score (nSPS) is 13.7. The molecule has 2 aromatic heterocycles. The third kappa shape index (κ3) is 2.59. The summed E-state index contributed by atoms with van der Waals surface area (Å²) in [6.07, 6.45) is 0. The number of carbonyl (C=O) groups excluding carboxylic acids is 2. The number of imide groups is 1. The zero-order valence-electron chi connectivity index (χ0n) is 14.1. The molecule has 0 saturated carbocycles. The molecule has 0 saturated heterocycles. The summed E-state index contributed by atoms with van der Waals surface area (Å²) in [5.74, 6) is -0.558. The number of hydrogen-bond donors (Lipinski definition) is 0. The van der Waals surface area contributed by atoms with Gasteiger partial charge in [0.2, 0.25) is 0 Å². The third-order valence-corrected chi connectivity index (χ3v) is 7.96. The fourth-order valence-corrected chi connectivity index (χ4v) is 5.98. The number of fused-ring (bicyclic) bond motifs is 1. The number of amides is 2. The van der Waals surface area contributed by atoms with E-state index in [9.17, 15) is 9.59 Å². The second-order valence-corrected chi connectivity index (χ2v) is 10.1. The van der Waals surface area contributed by atoms with Crippen molar-refractivity contribution in [1.82, 2.24) is 0 Å². The minimum Gasteiger partial charge on any atom is -0.268 e. The fourth-order valence-electron chi connectivity index (χ4n) is 3.29. The first-order valence-corrected chi connectivity index (χ1v) is 10.6. The molecule has 1 aliphatic rings. The lowest BCUT2D eigenvalue weighted by Gasteiger charge is -2.21. The van der Waals surface area contributed by atoms with Crippen LogP contribution in [-0.2, 0) is 0 Å². The molecule has 0 aliphatic carbocycles. The molecule has 3 heterocycles. The van der Waals surface area contributed by atoms with E-state index < -0.39 is 0 Å². The number of rotatable bonds is 2. The van der Waals surface area contributed by atoms with E-state index in [1.54, 1.807) is 11.3 Å². The van der Waals surface area contributed by atoms with Gasteiger partial charge in [-0.25, -0.2) is 4.90 Å². The zero-order valence-corrected chi connectivity index (χ0v) is 18.1. The third-order valence-electron chi connectivity index (χ3n) is 4.44. The van der Waals surface area contributed by atoms with Crippen LogP contribution in [-0.4, -0.2) is 11.8 Å². The SMILES string of the molecule is Cc1cc(C)c(N2C(=O)c3cc(-c4ccc(Br)s4)sc3C2=O)c(C)c1Cl. The maximum Gasteiger partial charge on any atom is 0.276 e. The van der Waals surface area contributed by atoms with Gasteiger partial charge in [-0.1, -0.05) is 17.7 Å². The lowest BCUT2D eigenvalue weighted by atomic mass is 10.0. The van der Waals surface area contributed by atoms with Crippen LogP contribution in [0.25, 0.3) is 9.75 Å². The van der Waals surface area contributed by atoms with E-state index in [1.807, 2.05) is 45.0 Å². The Labute approximate surface area is 172 Å². The van der Waals surface area contributed by atoms with Crippen LogP contribution >= 0.6 is 50.2 Å². The number of hydrogen-bond acceptors (Lipinski definition) is 4. The molecular formula is C19H13BrClNO2S2. The topological polar surface area (TPSA) is 37.4 Å². The smallest absolute Gasteiger partial charge is 0.268 e. The van der Waals surface area contributed by atoms with E-state index in [1.165, 1.54) is 16.2 Å². The summed E-state index contributed by atoms with van der Waals surface area (Å²) >= 11 is 12.8. The van der Waals surface area contributed by atoms with E-state index in [0.717, 1.165) is 30.2 Å². The highest BCUT2D eigenvalue weighted by atomic mass is 79.9. The van der Waals surface area contributed by atoms with Gasteiger partial charge in [0.25, 0.3) is 11.8 Å². The molecule has 7 heteroatoms. The summed E-state index contributed by atoms with van der Waals surface area (Å²) in [6, 6.07) is 7.67. The summed E-state index contributed by atoms with van der Waals surface area (Å²) in [6.45, 7) is 5.66. The number of thiophene rings is 2. The summed E-state index contributed by atoms with van der Waals surface area (Å²) in [5.41, 5.74) is 3.62. The highest BCUT2D eigenvalue weighted by Gasteiger charge is 2.40. The molecular weight excluding hydrogens is 454 g/mol. The van der Waals surface area contributed by atoms with Crippen molar-refractivity contribution in [2.75, 3.05) is 4.90 Å². The molecule has 2 amide bonds. The Morgan fingerprint density at radius 3 is 2.31 bits per heavy atom. The van der Waals surface area contributed by atoms with Gasteiger partial charge in [-0.05, 0) is 71.6 Å². The molecule has 1 aromatic carbocycles. The van der Waals surface area contributed by atoms with Crippen molar-refractivity contribution in [3.63, 3.8) is 0 Å². The Balaban J connectivity index is 1.81. The van der Waals surface area contributed by atoms with Gasteiger partial charge in [0, 0.05) is 14.8 Å². The Bertz CT molecular complexity index is 1070. The minimum absolute atomic E-state index is 0.275. The largest absolute Gasteiger partial charge is 0.276 e. The van der Waals surface area contributed by atoms with Crippen molar-refractivity contribution < 1.29 is 9.59 Å². The van der Waals surface area contributed by atoms with Crippen LogP contribution in [0.5, 0.6) is 0 Å². The van der Waals surface area contributed by atoms with Crippen LogP contribution in [0.15, 0.2) is 28.1 Å². The van der Waals surface area contributed by atoms with Crippen molar-refractivity contribution in [3.8, 4) is 9.75 Å². The van der Waals surface area contributed by atoms with Crippen LogP contribution in [0.1, 0.15) is 36.7 Å². The van der Waals surface area contributed by atoms with Crippen LogP contribution in [0.4, 0.5) is 5.69 Å². The molecule has 132 valence electrons. The second-order valence-electron chi connectivity index (χ2n) is 6.20. The van der Waals surface area contributed by atoms with E-state index in [-0.39, 0.29) is 11.8 Å². The van der Waals surface area contributed by atoms with Crippen LogP contribution in [0, 0.1) is 20.8 Å². The van der Waals surface area contributed by atoms with Gasteiger partial charge < -0.3 is 0 Å². The highest BCUT2D eigenvalue weighted by Crippen LogP contribution is 2.43. The predicted octanol–water partition coefficient (Wildman–Crippen LogP) is 6.62. The van der Waals surface area contributed by atoms with Gasteiger partial charge in [0.15, 0.2) is 0 Å². The summed E-state index contributed by atoms with van der Waals surface area (Å²) < 4.78 is 1.01. The summed E-state index contributed by atoms with van der Waals surface area (Å²) in [4.78, 5) is 29.8. The molecule has 0 unspecified atom stereocenters. The average Bonchev–Trinajstić information content (AvgIpc) is 3.26. The molecule has 26 heavy (non-hydrogen) atoms. The maximum atomic E-state index is 13.0. The Morgan fingerprint density at radius 2 is 1.69 bits per heavy atom. The quantitative estimate of drug-likeness (QED) is 0.398. The standard InChI is InChI=1S/C19H13BrClNO2S2/c1-8-6-9(2)16(10(3)15(8)21)22-18(23)11-7-13(26-17(11)19(22)24)12-4-5-14(20)25-12/h4-7H,1-3H3. The van der Waals surface area contributed by atoms with Gasteiger partial charge in [-0.3, -0.25) is 9.59 Å². The molecule has 3 aromatic rings. The zero-order chi connectivity index (χ0) is 18.7. The first-order chi connectivity index (χ1) is 12.3. The molecule has 0 fully saturated rings. The fraction of sp³-hybridized carbons (Fsp3) is 0.158. The predicted molar refractivity (Wildman–Crippen MR) is 112 cm³/mol. The lowest BCUT2D eigenvalue weighted by molar-refractivity contribution is 0.0926. The van der Waals surface area contributed by atoms with Gasteiger partial charge >= 0.3 is 0 Å².